The Hall–Kier alpha value is -1.34. The summed E-state index contributed by atoms with van der Waals surface area (Å²) in [5.74, 6) is 0. The average Bonchev–Trinajstić information content (AvgIpc) is 2.86. The molecule has 218 valence electrons. The molecule has 0 bridgehead atoms. The minimum Gasteiger partial charge on any atom is -0.328 e. The van der Waals surface area contributed by atoms with E-state index in [4.69, 9.17) is 5.73 Å². The molecule has 1 aliphatic carbocycles. The maximum Gasteiger partial charge on any atom is 0.00417 e. The SMILES string of the molecule is CCCCCCCCCCCCCCCC(N)CC/C=C(C)/C=C/C=C(C)/C=C/C1=C(C)CCCC1(C)C. The molecule has 0 aromatic rings. The molecule has 0 heterocycles. The largest absolute Gasteiger partial charge is 0.328 e. The summed E-state index contributed by atoms with van der Waals surface area (Å²) >= 11 is 0. The highest BCUT2D eigenvalue weighted by molar-refractivity contribution is 5.37. The van der Waals surface area contributed by atoms with Crippen molar-refractivity contribution in [2.75, 3.05) is 0 Å². The van der Waals surface area contributed by atoms with Gasteiger partial charge in [-0.15, -0.1) is 0 Å². The van der Waals surface area contributed by atoms with E-state index in [1.165, 1.54) is 126 Å². The van der Waals surface area contributed by atoms with Gasteiger partial charge in [-0.25, -0.2) is 0 Å². The Bertz CT molecular complexity index is 758. The van der Waals surface area contributed by atoms with Crippen molar-refractivity contribution in [1.29, 1.82) is 0 Å². The standard InChI is InChI=1S/C37H65N/c1-7-8-9-10-11-12-13-14-15-16-17-18-19-27-35(38)28-21-25-32(2)23-20-24-33(3)29-30-36-34(4)26-22-31-37(36,5)6/h20,23-25,29-30,35H,7-19,21-22,26-28,31,38H2,1-6H3/b23-20+,30-29+,32-25+,33-24+. The number of nitrogens with two attached hydrogens (primary N) is 1. The smallest absolute Gasteiger partial charge is 0.00417 e. The second-order valence-corrected chi connectivity index (χ2v) is 12.9. The molecule has 1 heteroatoms. The Kier molecular flexibility index (Phi) is 19.6. The van der Waals surface area contributed by atoms with E-state index in [0.717, 1.165) is 12.8 Å². The first-order valence-electron chi connectivity index (χ1n) is 16.4. The first-order chi connectivity index (χ1) is 18.3. The molecule has 0 amide bonds. The van der Waals surface area contributed by atoms with Crippen molar-refractivity contribution in [3.8, 4) is 0 Å². The van der Waals surface area contributed by atoms with Crippen LogP contribution in [0.3, 0.4) is 0 Å². The third-order valence-electron chi connectivity index (χ3n) is 8.46. The van der Waals surface area contributed by atoms with Gasteiger partial charge in [0.15, 0.2) is 0 Å². The average molecular weight is 524 g/mol. The molecule has 1 nitrogen and oxygen atoms in total. The minimum atomic E-state index is 0.307. The van der Waals surface area contributed by atoms with Crippen LogP contribution in [-0.2, 0) is 0 Å². The molecule has 38 heavy (non-hydrogen) atoms. The molecule has 0 radical (unpaired) electrons. The number of unbranched alkanes of at least 4 members (excludes halogenated alkanes) is 12. The summed E-state index contributed by atoms with van der Waals surface area (Å²) in [7, 11) is 0. The summed E-state index contributed by atoms with van der Waals surface area (Å²) in [5, 5.41) is 0. The van der Waals surface area contributed by atoms with Crippen LogP contribution in [0.5, 0.6) is 0 Å². The van der Waals surface area contributed by atoms with Crippen molar-refractivity contribution in [1.82, 2.24) is 0 Å². The summed E-state index contributed by atoms with van der Waals surface area (Å²) < 4.78 is 0. The van der Waals surface area contributed by atoms with Gasteiger partial charge in [-0.2, -0.15) is 0 Å². The quantitative estimate of drug-likeness (QED) is 0.117. The van der Waals surface area contributed by atoms with Crippen LogP contribution < -0.4 is 5.73 Å². The minimum absolute atomic E-state index is 0.307. The Morgan fingerprint density at radius 1 is 0.816 bits per heavy atom. The lowest BCUT2D eigenvalue weighted by Crippen LogP contribution is -2.19. The van der Waals surface area contributed by atoms with Gasteiger partial charge in [0.05, 0.1) is 0 Å². The van der Waals surface area contributed by atoms with Crippen molar-refractivity contribution < 1.29 is 0 Å². The fourth-order valence-electron chi connectivity index (χ4n) is 5.79. The Balaban J connectivity index is 2.13. The second kappa shape index (κ2) is 21.5. The molecule has 1 atom stereocenters. The van der Waals surface area contributed by atoms with Gasteiger partial charge in [0.25, 0.3) is 0 Å². The monoisotopic (exact) mass is 524 g/mol. The number of hydrogen-bond donors (Lipinski definition) is 1. The van der Waals surface area contributed by atoms with Gasteiger partial charge in [0.1, 0.15) is 0 Å². The number of rotatable bonds is 21. The topological polar surface area (TPSA) is 26.0 Å². The van der Waals surface area contributed by atoms with Gasteiger partial charge in [-0.3, -0.25) is 0 Å². The van der Waals surface area contributed by atoms with Crippen molar-refractivity contribution in [3.05, 3.63) is 58.7 Å². The normalized spacial score (nSPS) is 17.8. The summed E-state index contributed by atoms with van der Waals surface area (Å²) in [5.41, 5.74) is 12.4. The van der Waals surface area contributed by atoms with Crippen LogP contribution in [0.4, 0.5) is 0 Å². The van der Waals surface area contributed by atoms with Crippen LogP contribution in [0.1, 0.15) is 164 Å². The fraction of sp³-hybridized carbons (Fsp3) is 0.730. The van der Waals surface area contributed by atoms with E-state index in [0.29, 0.717) is 11.5 Å². The molecule has 1 unspecified atom stereocenters. The lowest BCUT2D eigenvalue weighted by atomic mass is 9.72. The first-order valence-corrected chi connectivity index (χ1v) is 16.4. The number of hydrogen-bond acceptors (Lipinski definition) is 1. The highest BCUT2D eigenvalue weighted by Gasteiger charge is 2.26. The molecule has 0 aromatic carbocycles. The van der Waals surface area contributed by atoms with E-state index in [2.05, 4.69) is 78.0 Å². The highest BCUT2D eigenvalue weighted by Crippen LogP contribution is 2.40. The zero-order chi connectivity index (χ0) is 28.1. The van der Waals surface area contributed by atoms with Crippen molar-refractivity contribution in [2.45, 2.75) is 170 Å². The predicted octanol–water partition coefficient (Wildman–Crippen LogP) is 12.1. The van der Waals surface area contributed by atoms with Gasteiger partial charge >= 0.3 is 0 Å². The molecule has 1 aliphatic rings. The molecule has 2 N–H and O–H groups in total. The molecule has 0 saturated carbocycles. The molecule has 0 saturated heterocycles. The van der Waals surface area contributed by atoms with E-state index < -0.39 is 0 Å². The zero-order valence-corrected chi connectivity index (χ0v) is 26.6. The third kappa shape index (κ3) is 17.3. The molecule has 1 rings (SSSR count). The van der Waals surface area contributed by atoms with E-state index >= 15 is 0 Å². The third-order valence-corrected chi connectivity index (χ3v) is 8.46. The van der Waals surface area contributed by atoms with Crippen LogP contribution in [0, 0.1) is 5.41 Å². The molecule has 0 aromatic heterocycles. The van der Waals surface area contributed by atoms with Crippen LogP contribution in [-0.4, -0.2) is 6.04 Å². The van der Waals surface area contributed by atoms with E-state index in [9.17, 15) is 0 Å². The summed E-state index contributed by atoms with van der Waals surface area (Å²) in [4.78, 5) is 0. The van der Waals surface area contributed by atoms with Crippen molar-refractivity contribution in [3.63, 3.8) is 0 Å². The summed E-state index contributed by atoms with van der Waals surface area (Å²) in [6, 6.07) is 0.352. The maximum atomic E-state index is 6.39. The fourth-order valence-corrected chi connectivity index (χ4v) is 5.79. The van der Waals surface area contributed by atoms with Gasteiger partial charge in [-0.1, -0.05) is 157 Å². The Morgan fingerprint density at radius 3 is 1.97 bits per heavy atom. The van der Waals surface area contributed by atoms with Crippen LogP contribution in [0.25, 0.3) is 0 Å². The lowest BCUT2D eigenvalue weighted by molar-refractivity contribution is 0.377. The molecule has 0 fully saturated rings. The summed E-state index contributed by atoms with van der Waals surface area (Å²) in [6.07, 6.45) is 39.2. The van der Waals surface area contributed by atoms with Crippen LogP contribution in [0.2, 0.25) is 0 Å². The van der Waals surface area contributed by atoms with E-state index in [1.807, 2.05) is 0 Å². The van der Waals surface area contributed by atoms with Crippen LogP contribution >= 0.6 is 0 Å². The zero-order valence-electron chi connectivity index (χ0n) is 26.6. The number of allylic oxidation sites excluding steroid dienone is 10. The van der Waals surface area contributed by atoms with Crippen molar-refractivity contribution in [2.24, 2.45) is 11.1 Å². The molecular formula is C37H65N. The molecule has 0 aliphatic heterocycles. The maximum absolute atomic E-state index is 6.39. The van der Waals surface area contributed by atoms with Gasteiger partial charge in [0.2, 0.25) is 0 Å². The van der Waals surface area contributed by atoms with Gasteiger partial charge in [0, 0.05) is 6.04 Å². The first kappa shape index (κ1) is 34.7. The molecular weight excluding hydrogens is 458 g/mol. The van der Waals surface area contributed by atoms with Crippen molar-refractivity contribution >= 4 is 0 Å². The van der Waals surface area contributed by atoms with Gasteiger partial charge < -0.3 is 5.73 Å². The summed E-state index contributed by atoms with van der Waals surface area (Å²) in [6.45, 7) is 13.8. The highest BCUT2D eigenvalue weighted by atomic mass is 14.6. The Morgan fingerprint density at radius 2 is 1.39 bits per heavy atom. The van der Waals surface area contributed by atoms with E-state index in [-0.39, 0.29) is 0 Å². The predicted molar refractivity (Wildman–Crippen MR) is 174 cm³/mol. The Labute approximate surface area is 239 Å². The lowest BCUT2D eigenvalue weighted by Gasteiger charge is -2.32. The second-order valence-electron chi connectivity index (χ2n) is 12.9. The van der Waals surface area contributed by atoms with Crippen LogP contribution in [0.15, 0.2) is 58.7 Å². The van der Waals surface area contributed by atoms with Gasteiger partial charge in [-0.05, 0) is 70.3 Å². The van der Waals surface area contributed by atoms with E-state index in [1.54, 1.807) is 5.57 Å². The molecule has 0 spiro atoms.